The van der Waals surface area contributed by atoms with Crippen LogP contribution < -0.4 is 4.72 Å². The summed E-state index contributed by atoms with van der Waals surface area (Å²) in [6, 6.07) is 6.62. The molecule has 0 aliphatic rings. The fraction of sp³-hybridized carbons (Fsp3) is 0.357. The second-order valence-electron chi connectivity index (χ2n) is 5.03. The standard InChI is InChI=1S/C14H19N3O3S/c1-11(2)17-10-13(9-15-17)16-21(19,20)14-5-3-12(4-6-14)7-8-18/h3-6,9-11,16,18H,7-8H2,1-2H3. The van der Waals surface area contributed by atoms with Gasteiger partial charge in [-0.1, -0.05) is 12.1 Å². The van der Waals surface area contributed by atoms with E-state index in [-0.39, 0.29) is 17.5 Å². The number of nitrogens with one attached hydrogen (secondary N) is 1. The van der Waals surface area contributed by atoms with Crippen molar-refractivity contribution in [2.45, 2.75) is 31.2 Å². The molecule has 0 fully saturated rings. The van der Waals surface area contributed by atoms with Crippen LogP contribution in [0.15, 0.2) is 41.6 Å². The van der Waals surface area contributed by atoms with E-state index in [1.165, 1.54) is 18.3 Å². The third-order valence-electron chi connectivity index (χ3n) is 3.02. The van der Waals surface area contributed by atoms with E-state index in [2.05, 4.69) is 9.82 Å². The van der Waals surface area contributed by atoms with Crippen molar-refractivity contribution in [3.8, 4) is 0 Å². The Bertz CT molecular complexity index is 691. The fourth-order valence-electron chi connectivity index (χ4n) is 1.85. The lowest BCUT2D eigenvalue weighted by Crippen LogP contribution is -2.12. The number of benzene rings is 1. The molecule has 114 valence electrons. The van der Waals surface area contributed by atoms with Crippen LogP contribution in [0.2, 0.25) is 0 Å². The van der Waals surface area contributed by atoms with Crippen LogP contribution in [-0.2, 0) is 16.4 Å². The van der Waals surface area contributed by atoms with Gasteiger partial charge in [-0.2, -0.15) is 5.10 Å². The number of nitrogens with zero attached hydrogens (tertiary/aromatic N) is 2. The van der Waals surface area contributed by atoms with Crippen LogP contribution in [0.3, 0.4) is 0 Å². The van der Waals surface area contributed by atoms with Gasteiger partial charge in [0.15, 0.2) is 0 Å². The first kappa shape index (κ1) is 15.5. The first-order valence-electron chi connectivity index (χ1n) is 6.69. The van der Waals surface area contributed by atoms with E-state index in [1.807, 2.05) is 13.8 Å². The molecule has 6 nitrogen and oxygen atoms in total. The molecule has 0 aliphatic heterocycles. The zero-order chi connectivity index (χ0) is 15.5. The minimum atomic E-state index is -3.62. The highest BCUT2D eigenvalue weighted by Crippen LogP contribution is 2.17. The van der Waals surface area contributed by atoms with Crippen molar-refractivity contribution in [3.63, 3.8) is 0 Å². The molecule has 0 saturated carbocycles. The molecule has 0 saturated heterocycles. The van der Waals surface area contributed by atoms with Gasteiger partial charge in [-0.25, -0.2) is 8.42 Å². The molecule has 0 aliphatic carbocycles. The smallest absolute Gasteiger partial charge is 0.261 e. The van der Waals surface area contributed by atoms with E-state index >= 15 is 0 Å². The van der Waals surface area contributed by atoms with Crippen LogP contribution in [0, 0.1) is 0 Å². The van der Waals surface area contributed by atoms with Gasteiger partial charge >= 0.3 is 0 Å². The Kier molecular flexibility index (Phi) is 4.64. The van der Waals surface area contributed by atoms with Crippen molar-refractivity contribution in [2.75, 3.05) is 11.3 Å². The SMILES string of the molecule is CC(C)n1cc(NS(=O)(=O)c2ccc(CCO)cc2)cn1. The number of anilines is 1. The molecule has 1 heterocycles. The van der Waals surface area contributed by atoms with Crippen LogP contribution in [0.4, 0.5) is 5.69 Å². The van der Waals surface area contributed by atoms with Crippen molar-refractivity contribution in [1.82, 2.24) is 9.78 Å². The third kappa shape index (κ3) is 3.83. The summed E-state index contributed by atoms with van der Waals surface area (Å²) in [5.41, 5.74) is 1.33. The summed E-state index contributed by atoms with van der Waals surface area (Å²) in [7, 11) is -3.62. The number of aromatic nitrogens is 2. The predicted octanol–water partition coefficient (Wildman–Crippen LogP) is 1.80. The van der Waals surface area contributed by atoms with Crippen molar-refractivity contribution >= 4 is 15.7 Å². The van der Waals surface area contributed by atoms with Gasteiger partial charge in [0.25, 0.3) is 10.0 Å². The Morgan fingerprint density at radius 2 is 1.95 bits per heavy atom. The maximum absolute atomic E-state index is 12.3. The second-order valence-corrected chi connectivity index (χ2v) is 6.71. The zero-order valence-corrected chi connectivity index (χ0v) is 12.8. The van der Waals surface area contributed by atoms with E-state index in [1.54, 1.807) is 23.0 Å². The quantitative estimate of drug-likeness (QED) is 0.852. The lowest BCUT2D eigenvalue weighted by molar-refractivity contribution is 0.299. The molecule has 2 rings (SSSR count). The molecule has 2 N–H and O–H groups in total. The average Bonchev–Trinajstić information content (AvgIpc) is 2.88. The van der Waals surface area contributed by atoms with E-state index < -0.39 is 10.0 Å². The maximum Gasteiger partial charge on any atom is 0.261 e. The maximum atomic E-state index is 12.3. The summed E-state index contributed by atoms with van der Waals surface area (Å²) >= 11 is 0. The largest absolute Gasteiger partial charge is 0.396 e. The topological polar surface area (TPSA) is 84.2 Å². The van der Waals surface area contributed by atoms with Gasteiger partial charge in [-0.3, -0.25) is 9.40 Å². The fourth-order valence-corrected chi connectivity index (χ4v) is 2.88. The van der Waals surface area contributed by atoms with Gasteiger partial charge in [0.1, 0.15) is 0 Å². The van der Waals surface area contributed by atoms with Crippen LogP contribution in [-0.4, -0.2) is 29.9 Å². The highest BCUT2D eigenvalue weighted by molar-refractivity contribution is 7.92. The Balaban J connectivity index is 2.17. The van der Waals surface area contributed by atoms with Crippen molar-refractivity contribution in [2.24, 2.45) is 0 Å². The van der Waals surface area contributed by atoms with Gasteiger partial charge in [0.05, 0.1) is 16.8 Å². The zero-order valence-electron chi connectivity index (χ0n) is 12.0. The molecule has 0 unspecified atom stereocenters. The van der Waals surface area contributed by atoms with Crippen LogP contribution in [0.5, 0.6) is 0 Å². The van der Waals surface area contributed by atoms with Gasteiger partial charge in [0.2, 0.25) is 0 Å². The molecule has 21 heavy (non-hydrogen) atoms. The minimum Gasteiger partial charge on any atom is -0.396 e. The summed E-state index contributed by atoms with van der Waals surface area (Å²) in [5, 5.41) is 12.9. The lowest BCUT2D eigenvalue weighted by atomic mass is 10.2. The molecule has 7 heteroatoms. The van der Waals surface area contributed by atoms with Gasteiger partial charge < -0.3 is 5.11 Å². The van der Waals surface area contributed by atoms with Gasteiger partial charge in [0, 0.05) is 18.8 Å². The van der Waals surface area contributed by atoms with E-state index in [4.69, 9.17) is 5.11 Å². The van der Waals surface area contributed by atoms with E-state index in [9.17, 15) is 8.42 Å². The van der Waals surface area contributed by atoms with Gasteiger partial charge in [-0.15, -0.1) is 0 Å². The highest BCUT2D eigenvalue weighted by Gasteiger charge is 2.15. The molecular formula is C14H19N3O3S. The first-order chi connectivity index (χ1) is 9.92. The summed E-state index contributed by atoms with van der Waals surface area (Å²) in [6.45, 7) is 3.97. The predicted molar refractivity (Wildman–Crippen MR) is 80.7 cm³/mol. The van der Waals surface area contributed by atoms with Crippen LogP contribution >= 0.6 is 0 Å². The number of aliphatic hydroxyl groups excluding tert-OH is 1. The number of rotatable bonds is 6. The number of sulfonamides is 1. The molecular weight excluding hydrogens is 290 g/mol. The molecule has 0 radical (unpaired) electrons. The molecule has 0 bridgehead atoms. The molecule has 0 amide bonds. The van der Waals surface area contributed by atoms with Crippen molar-refractivity contribution in [3.05, 3.63) is 42.2 Å². The monoisotopic (exact) mass is 309 g/mol. The summed E-state index contributed by atoms with van der Waals surface area (Å²) in [4.78, 5) is 0.182. The van der Waals surface area contributed by atoms with Crippen LogP contribution in [0.1, 0.15) is 25.5 Å². The minimum absolute atomic E-state index is 0.0404. The first-order valence-corrected chi connectivity index (χ1v) is 8.17. The average molecular weight is 309 g/mol. The molecule has 1 aromatic heterocycles. The van der Waals surface area contributed by atoms with Gasteiger partial charge in [-0.05, 0) is 38.0 Å². The number of aliphatic hydroxyl groups is 1. The Morgan fingerprint density at radius 1 is 1.29 bits per heavy atom. The van der Waals surface area contributed by atoms with Crippen molar-refractivity contribution in [1.29, 1.82) is 0 Å². The summed E-state index contributed by atoms with van der Waals surface area (Å²) in [5.74, 6) is 0. The molecule has 1 aromatic carbocycles. The van der Waals surface area contributed by atoms with Crippen molar-refractivity contribution < 1.29 is 13.5 Å². The third-order valence-corrected chi connectivity index (χ3v) is 4.41. The molecule has 0 atom stereocenters. The summed E-state index contributed by atoms with van der Waals surface area (Å²) in [6.07, 6.45) is 3.65. The molecule has 2 aromatic rings. The Labute approximate surface area is 124 Å². The lowest BCUT2D eigenvalue weighted by Gasteiger charge is -2.07. The normalized spacial score (nSPS) is 11.8. The Morgan fingerprint density at radius 3 is 2.48 bits per heavy atom. The van der Waals surface area contributed by atoms with E-state index in [0.717, 1.165) is 5.56 Å². The summed E-state index contributed by atoms with van der Waals surface area (Å²) < 4.78 is 28.7. The number of hydrogen-bond donors (Lipinski definition) is 2. The van der Waals surface area contributed by atoms with Crippen LogP contribution in [0.25, 0.3) is 0 Å². The molecule has 0 spiro atoms. The Hall–Kier alpha value is -1.86. The number of hydrogen-bond acceptors (Lipinski definition) is 4. The highest BCUT2D eigenvalue weighted by atomic mass is 32.2. The van der Waals surface area contributed by atoms with E-state index in [0.29, 0.717) is 12.1 Å². The second kappa shape index (κ2) is 6.28.